The number of carbonyl (C=O) groups is 3. The first-order valence-corrected chi connectivity index (χ1v) is 15.6. The van der Waals surface area contributed by atoms with E-state index in [9.17, 15) is 37.5 Å². The molecule has 0 radical (unpaired) electrons. The van der Waals surface area contributed by atoms with Crippen LogP contribution in [0, 0.1) is 17.5 Å². The second-order valence-electron chi connectivity index (χ2n) is 12.4. The van der Waals surface area contributed by atoms with E-state index in [1.807, 2.05) is 42.7 Å². The van der Waals surface area contributed by atoms with Crippen LogP contribution >= 0.6 is 0 Å². The number of halogens is 3. The number of para-hydroxylation sites is 2. The minimum atomic E-state index is -1.24. The van der Waals surface area contributed by atoms with Crippen LogP contribution in [0.25, 0.3) is 11.0 Å². The maximum atomic E-state index is 14.2. The summed E-state index contributed by atoms with van der Waals surface area (Å²) in [4.78, 5) is 66.5. The normalized spacial score (nSPS) is 22.0. The lowest BCUT2D eigenvalue weighted by molar-refractivity contribution is -0.218. The molecule has 0 saturated carbocycles. The summed E-state index contributed by atoms with van der Waals surface area (Å²) in [7, 11) is 0. The van der Waals surface area contributed by atoms with E-state index in [4.69, 9.17) is 9.82 Å². The van der Waals surface area contributed by atoms with E-state index in [-0.39, 0.29) is 37.2 Å². The van der Waals surface area contributed by atoms with E-state index in [2.05, 4.69) is 5.32 Å². The quantitative estimate of drug-likeness (QED) is 0.322. The summed E-state index contributed by atoms with van der Waals surface area (Å²) in [5.74, 6) is -6.03. The van der Waals surface area contributed by atoms with Gasteiger partial charge in [-0.15, -0.1) is 0 Å². The summed E-state index contributed by atoms with van der Waals surface area (Å²) in [5, 5.41) is 14.6. The Kier molecular flexibility index (Phi) is 7.53. The average molecular weight is 665 g/mol. The maximum Gasteiger partial charge on any atom is 0.274 e. The molecule has 1 spiro atoms. The van der Waals surface area contributed by atoms with Crippen molar-refractivity contribution in [1.82, 2.24) is 29.4 Å². The van der Waals surface area contributed by atoms with Gasteiger partial charge in [-0.05, 0) is 38.8 Å². The fourth-order valence-corrected chi connectivity index (χ4v) is 7.12. The van der Waals surface area contributed by atoms with E-state index in [0.29, 0.717) is 37.3 Å². The van der Waals surface area contributed by atoms with Gasteiger partial charge in [-0.25, -0.2) is 23.2 Å². The number of pyridine rings is 1. The van der Waals surface area contributed by atoms with Crippen molar-refractivity contribution in [2.24, 2.45) is 0 Å². The number of imidazole rings is 1. The van der Waals surface area contributed by atoms with Gasteiger partial charge < -0.3 is 24.5 Å². The van der Waals surface area contributed by atoms with Crippen LogP contribution in [0.3, 0.4) is 0 Å². The first kappa shape index (κ1) is 31.4. The second kappa shape index (κ2) is 11.5. The molecule has 2 fully saturated rings. The first-order valence-electron chi connectivity index (χ1n) is 15.6. The highest BCUT2D eigenvalue weighted by Crippen LogP contribution is 2.47. The van der Waals surface area contributed by atoms with Crippen LogP contribution in [0.2, 0.25) is 0 Å². The number of carbonyl (C=O) groups excluding carboxylic acids is 3. The number of aryl methyl sites for hydroxylation is 1. The summed E-state index contributed by atoms with van der Waals surface area (Å²) in [5.41, 5.74) is -2.32. The molecule has 2 bridgehead atoms. The molecular weight excluding hydrogens is 633 g/mol. The van der Waals surface area contributed by atoms with Gasteiger partial charge in [0, 0.05) is 49.6 Å². The van der Waals surface area contributed by atoms with Crippen molar-refractivity contribution >= 4 is 28.8 Å². The molecule has 2 aromatic carbocycles. The third-order valence-electron chi connectivity index (χ3n) is 9.64. The van der Waals surface area contributed by atoms with Crippen molar-refractivity contribution in [1.29, 1.82) is 0 Å². The van der Waals surface area contributed by atoms with Gasteiger partial charge in [0.2, 0.25) is 11.3 Å². The molecule has 48 heavy (non-hydrogen) atoms. The molecule has 3 atom stereocenters. The van der Waals surface area contributed by atoms with Gasteiger partial charge in [0.1, 0.15) is 41.0 Å². The number of hydrogen-bond acceptors (Lipinski definition) is 7. The lowest BCUT2D eigenvalue weighted by Crippen LogP contribution is -2.52. The van der Waals surface area contributed by atoms with Crippen molar-refractivity contribution in [3.8, 4) is 5.75 Å². The number of aromatic nitrogens is 3. The standard InChI is InChI=1S/C33H31F3N6O6/c1-3-39-24-7-5-4-6-23(24)38-26(39)16-42-27(43)12-33(48-42)9-8-17(2)40-15-25(33)41-14-20(29(44)30(45)28(41)32(40)47)31(46)37-13-19-21(35)10-18(34)11-22(19)36/h4-7,10-11,14,17,25,45H,3,8-9,12-13,15-16H2,1-2H3,(H,37,46)/t17-,25+,33-/m0/s1. The van der Waals surface area contributed by atoms with E-state index in [0.717, 1.165) is 17.2 Å². The van der Waals surface area contributed by atoms with Crippen LogP contribution < -0.4 is 10.7 Å². The lowest BCUT2D eigenvalue weighted by atomic mass is 9.85. The molecule has 2 saturated heterocycles. The fourth-order valence-electron chi connectivity index (χ4n) is 7.12. The number of fused-ring (bicyclic) bond motifs is 6. The fraction of sp³-hybridized carbons (Fsp3) is 0.364. The highest BCUT2D eigenvalue weighted by molar-refractivity contribution is 5.99. The minimum absolute atomic E-state index is 0.0421. The van der Waals surface area contributed by atoms with Crippen LogP contribution in [0.1, 0.15) is 71.4 Å². The number of benzene rings is 2. The largest absolute Gasteiger partial charge is 0.503 e. The molecule has 0 aliphatic carbocycles. The highest BCUT2D eigenvalue weighted by Gasteiger charge is 2.56. The second-order valence-corrected chi connectivity index (χ2v) is 12.4. The van der Waals surface area contributed by atoms with Gasteiger partial charge in [0.25, 0.3) is 11.8 Å². The van der Waals surface area contributed by atoms with Crippen molar-refractivity contribution in [3.63, 3.8) is 0 Å². The molecule has 3 aliphatic heterocycles. The monoisotopic (exact) mass is 664 g/mol. The van der Waals surface area contributed by atoms with Crippen molar-refractivity contribution in [2.45, 2.75) is 70.4 Å². The van der Waals surface area contributed by atoms with E-state index < -0.39 is 69.8 Å². The molecule has 3 amide bonds. The molecular formula is C33H31F3N6O6. The van der Waals surface area contributed by atoms with Crippen LogP contribution in [0.5, 0.6) is 5.75 Å². The lowest BCUT2D eigenvalue weighted by Gasteiger charge is -2.42. The molecule has 4 aromatic rings. The number of aromatic hydroxyl groups is 1. The highest BCUT2D eigenvalue weighted by atomic mass is 19.1. The van der Waals surface area contributed by atoms with Crippen molar-refractivity contribution in [3.05, 3.63) is 92.9 Å². The van der Waals surface area contributed by atoms with Crippen molar-refractivity contribution in [2.75, 3.05) is 6.54 Å². The Morgan fingerprint density at radius 1 is 1.15 bits per heavy atom. The van der Waals surface area contributed by atoms with Gasteiger partial charge in [-0.1, -0.05) is 12.1 Å². The molecule has 0 unspecified atom stereocenters. The molecule has 5 heterocycles. The number of hydroxylamine groups is 2. The molecule has 12 nitrogen and oxygen atoms in total. The predicted octanol–water partition coefficient (Wildman–Crippen LogP) is 3.55. The zero-order valence-electron chi connectivity index (χ0n) is 26.0. The first-order chi connectivity index (χ1) is 22.9. The van der Waals surface area contributed by atoms with Gasteiger partial charge in [0.15, 0.2) is 11.4 Å². The maximum absolute atomic E-state index is 14.2. The number of rotatable bonds is 6. The SMILES string of the molecule is CCn1c(CN2O[C@@]3(CC[C@H](C)N4C[C@H]3n3cc(C(=O)NCc5c(F)cc(F)cc5F)c(=O)c(O)c3C4=O)CC2=O)nc2ccccc21. The summed E-state index contributed by atoms with van der Waals surface area (Å²) in [6.45, 7) is 3.76. The van der Waals surface area contributed by atoms with Crippen molar-refractivity contribution < 1.29 is 37.5 Å². The Bertz CT molecular complexity index is 2060. The Balaban J connectivity index is 1.25. The third kappa shape index (κ3) is 4.91. The molecule has 2 aromatic heterocycles. The molecule has 7 rings (SSSR count). The summed E-state index contributed by atoms with van der Waals surface area (Å²) in [6.07, 6.45) is 1.79. The average Bonchev–Trinajstić information content (AvgIpc) is 3.53. The number of hydrogen-bond donors (Lipinski definition) is 2. The van der Waals surface area contributed by atoms with Gasteiger partial charge >= 0.3 is 0 Å². The number of amides is 3. The summed E-state index contributed by atoms with van der Waals surface area (Å²) in [6, 6.07) is 7.36. The topological polar surface area (TPSA) is 139 Å². The van der Waals surface area contributed by atoms with Crippen LogP contribution in [-0.2, 0) is 29.3 Å². The molecule has 2 N–H and O–H groups in total. The molecule has 15 heteroatoms. The smallest absolute Gasteiger partial charge is 0.274 e. The van der Waals surface area contributed by atoms with Gasteiger partial charge in [-0.3, -0.25) is 24.0 Å². The Labute approximate surface area is 271 Å². The Morgan fingerprint density at radius 3 is 2.60 bits per heavy atom. The molecule has 250 valence electrons. The van der Waals surface area contributed by atoms with E-state index in [1.165, 1.54) is 14.5 Å². The summed E-state index contributed by atoms with van der Waals surface area (Å²) < 4.78 is 45.1. The minimum Gasteiger partial charge on any atom is -0.503 e. The Morgan fingerprint density at radius 2 is 1.88 bits per heavy atom. The number of nitrogens with one attached hydrogen (secondary N) is 1. The van der Waals surface area contributed by atoms with Crippen LogP contribution in [0.15, 0.2) is 47.4 Å². The van der Waals surface area contributed by atoms with Gasteiger partial charge in [0.05, 0.1) is 23.5 Å². The predicted molar refractivity (Wildman–Crippen MR) is 163 cm³/mol. The van der Waals surface area contributed by atoms with Crippen LogP contribution in [0.4, 0.5) is 13.2 Å². The molecule has 3 aliphatic rings. The van der Waals surface area contributed by atoms with Gasteiger partial charge in [-0.2, -0.15) is 0 Å². The van der Waals surface area contributed by atoms with E-state index in [1.54, 1.807) is 0 Å². The Hall–Kier alpha value is -5.18. The summed E-state index contributed by atoms with van der Waals surface area (Å²) >= 11 is 0. The zero-order chi connectivity index (χ0) is 34.1. The number of nitrogens with zero attached hydrogens (tertiary/aromatic N) is 5. The van der Waals surface area contributed by atoms with Crippen LogP contribution in [-0.4, -0.2) is 65.1 Å². The third-order valence-corrected chi connectivity index (χ3v) is 9.64. The van der Waals surface area contributed by atoms with E-state index >= 15 is 0 Å². The zero-order valence-corrected chi connectivity index (χ0v) is 26.0.